The Bertz CT molecular complexity index is 1130. The molecule has 144 valence electrons. The van der Waals surface area contributed by atoms with Crippen LogP contribution in [0.15, 0.2) is 50.3 Å². The van der Waals surface area contributed by atoms with Gasteiger partial charge < -0.3 is 13.9 Å². The van der Waals surface area contributed by atoms with Gasteiger partial charge >= 0.3 is 5.76 Å². The topological polar surface area (TPSA) is 79.4 Å². The van der Waals surface area contributed by atoms with Crippen LogP contribution in [0.1, 0.15) is 12.6 Å². The van der Waals surface area contributed by atoms with E-state index in [9.17, 15) is 4.79 Å². The molecule has 0 amide bonds. The molecule has 0 aliphatic heterocycles. The van der Waals surface area contributed by atoms with Gasteiger partial charge in [0.2, 0.25) is 0 Å². The summed E-state index contributed by atoms with van der Waals surface area (Å²) in [6.45, 7) is 2.74. The van der Waals surface area contributed by atoms with Crippen molar-refractivity contribution in [3.63, 3.8) is 0 Å². The number of hydrogen-bond acceptors (Lipinski definition) is 8. The summed E-state index contributed by atoms with van der Waals surface area (Å²) in [6, 6.07) is 9.45. The molecule has 0 spiro atoms. The number of benzene rings is 1. The van der Waals surface area contributed by atoms with Crippen LogP contribution in [-0.4, -0.2) is 28.5 Å². The van der Waals surface area contributed by atoms with Gasteiger partial charge in [-0.25, -0.2) is 9.78 Å². The quantitative estimate of drug-likeness (QED) is 0.451. The number of hydrogen-bond donors (Lipinski definition) is 0. The van der Waals surface area contributed by atoms with E-state index in [1.807, 2.05) is 48.0 Å². The molecule has 0 aliphatic carbocycles. The van der Waals surface area contributed by atoms with Crippen molar-refractivity contribution in [2.75, 3.05) is 13.7 Å². The second-order valence-corrected chi connectivity index (χ2v) is 7.56. The number of ether oxygens (including phenoxy) is 2. The third-order valence-electron chi connectivity index (χ3n) is 3.91. The minimum atomic E-state index is -0.499. The van der Waals surface area contributed by atoms with Crippen LogP contribution in [0.2, 0.25) is 0 Å². The van der Waals surface area contributed by atoms with Crippen molar-refractivity contribution >= 4 is 22.7 Å². The number of thiophene rings is 1. The SMILES string of the molecule is CCOc1ccc(-c2nc(Cn3nc(-c4cccs4)oc3=O)cs2)cc1OC. The molecule has 0 saturated heterocycles. The Morgan fingerprint density at radius 1 is 1.21 bits per heavy atom. The summed E-state index contributed by atoms with van der Waals surface area (Å²) in [4.78, 5) is 17.5. The van der Waals surface area contributed by atoms with Crippen LogP contribution in [0.5, 0.6) is 11.5 Å². The van der Waals surface area contributed by atoms with Gasteiger partial charge in [-0.3, -0.25) is 0 Å². The fourth-order valence-electron chi connectivity index (χ4n) is 2.65. The van der Waals surface area contributed by atoms with Gasteiger partial charge in [0, 0.05) is 10.9 Å². The summed E-state index contributed by atoms with van der Waals surface area (Å²) in [7, 11) is 1.61. The average Bonchev–Trinajstić information content (AvgIpc) is 3.45. The predicted molar refractivity (Wildman–Crippen MR) is 108 cm³/mol. The van der Waals surface area contributed by atoms with Gasteiger partial charge in [0.15, 0.2) is 11.5 Å². The molecule has 4 rings (SSSR count). The average molecular weight is 415 g/mol. The van der Waals surface area contributed by atoms with Crippen LogP contribution in [0.3, 0.4) is 0 Å². The first-order chi connectivity index (χ1) is 13.7. The van der Waals surface area contributed by atoms with Crippen LogP contribution < -0.4 is 15.2 Å². The Kier molecular flexibility index (Phi) is 5.27. The highest BCUT2D eigenvalue weighted by Gasteiger charge is 2.14. The molecule has 0 atom stereocenters. The fraction of sp³-hybridized carbons (Fsp3) is 0.211. The molecule has 28 heavy (non-hydrogen) atoms. The van der Waals surface area contributed by atoms with E-state index in [1.165, 1.54) is 27.4 Å². The highest BCUT2D eigenvalue weighted by molar-refractivity contribution is 7.13. The Hall–Kier alpha value is -2.91. The number of nitrogens with zero attached hydrogens (tertiary/aromatic N) is 3. The molecule has 4 aromatic rings. The van der Waals surface area contributed by atoms with Gasteiger partial charge in [0.1, 0.15) is 5.01 Å². The lowest BCUT2D eigenvalue weighted by Crippen LogP contribution is -2.16. The first kappa shape index (κ1) is 18.5. The van der Waals surface area contributed by atoms with E-state index in [0.717, 1.165) is 21.1 Å². The van der Waals surface area contributed by atoms with Gasteiger partial charge in [-0.05, 0) is 36.6 Å². The lowest BCUT2D eigenvalue weighted by molar-refractivity contribution is 0.311. The monoisotopic (exact) mass is 415 g/mol. The number of aromatic nitrogens is 3. The van der Waals surface area contributed by atoms with E-state index in [-0.39, 0.29) is 6.54 Å². The Morgan fingerprint density at radius 2 is 2.11 bits per heavy atom. The maximum atomic E-state index is 12.1. The molecule has 0 unspecified atom stereocenters. The first-order valence-electron chi connectivity index (χ1n) is 8.55. The van der Waals surface area contributed by atoms with Gasteiger partial charge in [0.25, 0.3) is 5.89 Å². The van der Waals surface area contributed by atoms with E-state index >= 15 is 0 Å². The maximum Gasteiger partial charge on any atom is 0.437 e. The van der Waals surface area contributed by atoms with Crippen molar-refractivity contribution < 1.29 is 13.9 Å². The Balaban J connectivity index is 1.56. The van der Waals surface area contributed by atoms with E-state index in [2.05, 4.69) is 10.1 Å². The van der Waals surface area contributed by atoms with Crippen molar-refractivity contribution in [1.82, 2.24) is 14.8 Å². The van der Waals surface area contributed by atoms with E-state index in [0.29, 0.717) is 24.0 Å². The zero-order chi connectivity index (χ0) is 19.5. The maximum absolute atomic E-state index is 12.1. The molecular weight excluding hydrogens is 398 g/mol. The number of methoxy groups -OCH3 is 1. The second kappa shape index (κ2) is 7.99. The highest BCUT2D eigenvalue weighted by atomic mass is 32.1. The normalized spacial score (nSPS) is 10.9. The van der Waals surface area contributed by atoms with Crippen LogP contribution in [0.4, 0.5) is 0 Å². The molecule has 3 aromatic heterocycles. The molecule has 1 aromatic carbocycles. The second-order valence-electron chi connectivity index (χ2n) is 5.75. The minimum Gasteiger partial charge on any atom is -0.493 e. The van der Waals surface area contributed by atoms with E-state index < -0.39 is 5.76 Å². The van der Waals surface area contributed by atoms with E-state index in [4.69, 9.17) is 13.9 Å². The molecule has 0 aliphatic rings. The molecule has 0 saturated carbocycles. The van der Waals surface area contributed by atoms with Gasteiger partial charge in [-0.1, -0.05) is 6.07 Å². The van der Waals surface area contributed by atoms with Gasteiger partial charge in [-0.2, -0.15) is 4.68 Å². The molecule has 0 bridgehead atoms. The van der Waals surface area contributed by atoms with Gasteiger partial charge in [0.05, 0.1) is 30.8 Å². The molecule has 0 radical (unpaired) electrons. The zero-order valence-corrected chi connectivity index (χ0v) is 16.9. The summed E-state index contributed by atoms with van der Waals surface area (Å²) in [5.41, 5.74) is 1.66. The smallest absolute Gasteiger partial charge is 0.437 e. The van der Waals surface area contributed by atoms with Crippen LogP contribution in [0, 0.1) is 0 Å². The van der Waals surface area contributed by atoms with Crippen molar-refractivity contribution in [1.29, 1.82) is 0 Å². The molecular formula is C19H17N3O4S2. The fourth-order valence-corrected chi connectivity index (χ4v) is 4.10. The number of rotatable bonds is 7. The zero-order valence-electron chi connectivity index (χ0n) is 15.2. The lowest BCUT2D eigenvalue weighted by Gasteiger charge is -2.09. The van der Waals surface area contributed by atoms with Crippen LogP contribution >= 0.6 is 22.7 Å². The van der Waals surface area contributed by atoms with Crippen molar-refractivity contribution in [2.24, 2.45) is 0 Å². The summed E-state index contributed by atoms with van der Waals surface area (Å²) in [6.07, 6.45) is 0. The van der Waals surface area contributed by atoms with Crippen LogP contribution in [0.25, 0.3) is 21.3 Å². The van der Waals surface area contributed by atoms with Crippen LogP contribution in [-0.2, 0) is 6.54 Å². The standard InChI is InChI=1S/C19H17N3O4S2/c1-3-25-14-7-6-12(9-15(14)24-2)18-20-13(11-28-18)10-22-19(23)26-17(21-22)16-5-4-8-27-16/h4-9,11H,3,10H2,1-2H3. The van der Waals surface area contributed by atoms with E-state index in [1.54, 1.807) is 7.11 Å². The van der Waals surface area contributed by atoms with Crippen molar-refractivity contribution in [2.45, 2.75) is 13.5 Å². The third kappa shape index (κ3) is 3.71. The number of thiazole rings is 1. The van der Waals surface area contributed by atoms with Gasteiger partial charge in [-0.15, -0.1) is 27.8 Å². The molecule has 0 fully saturated rings. The van der Waals surface area contributed by atoms with Crippen molar-refractivity contribution in [3.8, 4) is 32.8 Å². The Morgan fingerprint density at radius 3 is 2.86 bits per heavy atom. The summed E-state index contributed by atoms with van der Waals surface area (Å²) >= 11 is 2.96. The first-order valence-corrected chi connectivity index (χ1v) is 10.3. The third-order valence-corrected chi connectivity index (χ3v) is 5.71. The molecule has 3 heterocycles. The summed E-state index contributed by atoms with van der Waals surface area (Å²) < 4.78 is 17.5. The molecule has 9 heteroatoms. The Labute approximate surface area is 168 Å². The summed E-state index contributed by atoms with van der Waals surface area (Å²) in [5.74, 6) is 1.18. The summed E-state index contributed by atoms with van der Waals surface area (Å²) in [5, 5.41) is 8.91. The van der Waals surface area contributed by atoms with Crippen molar-refractivity contribution in [3.05, 3.63) is 57.3 Å². The lowest BCUT2D eigenvalue weighted by atomic mass is 10.2. The minimum absolute atomic E-state index is 0.248. The molecule has 7 nitrogen and oxygen atoms in total. The highest BCUT2D eigenvalue weighted by Crippen LogP contribution is 2.34. The molecule has 0 N–H and O–H groups in total. The predicted octanol–water partition coefficient (Wildman–Crippen LogP) is 4.14. The largest absolute Gasteiger partial charge is 0.493 e.